The number of aromatic hydroxyl groups is 1. The molecular formula is C22H24Cl4N4O2. The number of hydrogen-bond acceptors (Lipinski definition) is 6. The number of hydrogen-bond donors (Lipinski definition) is 3. The molecule has 2 aromatic heterocycles. The number of anilines is 1. The van der Waals surface area contributed by atoms with E-state index in [4.69, 9.17) is 33.9 Å². The molecule has 1 saturated carbocycles. The normalized spacial score (nSPS) is 17.9. The van der Waals surface area contributed by atoms with E-state index < -0.39 is 0 Å². The molecule has 0 aliphatic heterocycles. The molecule has 0 amide bonds. The van der Waals surface area contributed by atoms with Crippen LogP contribution < -0.4 is 11.1 Å². The van der Waals surface area contributed by atoms with Gasteiger partial charge in [0.25, 0.3) is 0 Å². The number of pyridine rings is 2. The molecule has 6 nitrogen and oxygen atoms in total. The molecule has 0 radical (unpaired) electrons. The number of halogens is 4. The predicted octanol–water partition coefficient (Wildman–Crippen LogP) is 6.04. The Hall–Kier alpha value is -1.83. The number of benzene rings is 1. The molecule has 32 heavy (non-hydrogen) atoms. The molecule has 1 fully saturated rings. The van der Waals surface area contributed by atoms with Crippen molar-refractivity contribution in [1.82, 2.24) is 9.97 Å². The highest BCUT2D eigenvalue weighted by molar-refractivity contribution is 6.37. The van der Waals surface area contributed by atoms with Crippen LogP contribution in [-0.2, 0) is 0 Å². The number of carbonyl (C=O) groups excluding carboxylic acids is 1. The first kappa shape index (κ1) is 26.4. The Morgan fingerprint density at radius 2 is 1.75 bits per heavy atom. The third-order valence-corrected chi connectivity index (χ3v) is 6.10. The van der Waals surface area contributed by atoms with Gasteiger partial charge in [-0.25, -0.2) is 4.98 Å². The lowest BCUT2D eigenvalue weighted by atomic mass is 9.91. The number of nitrogens with two attached hydrogens (primary N) is 1. The largest absolute Gasteiger partial charge is 0.505 e. The van der Waals surface area contributed by atoms with E-state index in [1.807, 2.05) is 12.1 Å². The van der Waals surface area contributed by atoms with Gasteiger partial charge in [-0.3, -0.25) is 9.78 Å². The van der Waals surface area contributed by atoms with Crippen molar-refractivity contribution in [3.05, 3.63) is 46.1 Å². The standard InChI is InChI=1S/C22H22Cl2N4O2.2ClH/c1-11(29)15-10-26-19-7-6-18(12-8-16(23)22(30)17(24)9-12)28-21(19)20(15)27-14-4-2-13(25)3-5-14;;/h6-10,13-14,30H,2-5,25H2,1H3,(H,26,27);2*1H. The molecule has 0 atom stereocenters. The number of phenolic OH excluding ortho intramolecular Hbond substituents is 1. The van der Waals surface area contributed by atoms with E-state index >= 15 is 0 Å². The number of nitrogens with one attached hydrogen (secondary N) is 1. The van der Waals surface area contributed by atoms with Crippen molar-refractivity contribution < 1.29 is 9.90 Å². The van der Waals surface area contributed by atoms with Gasteiger partial charge in [0, 0.05) is 23.8 Å². The number of Topliss-reactive ketones (excluding diaryl/α,β-unsaturated/α-hetero) is 1. The molecule has 0 saturated heterocycles. The Morgan fingerprint density at radius 1 is 1.12 bits per heavy atom. The molecule has 0 unspecified atom stereocenters. The van der Waals surface area contributed by atoms with Crippen LogP contribution in [0.3, 0.4) is 0 Å². The summed E-state index contributed by atoms with van der Waals surface area (Å²) >= 11 is 12.2. The zero-order chi connectivity index (χ0) is 21.4. The van der Waals surface area contributed by atoms with Gasteiger partial charge in [0.15, 0.2) is 11.5 Å². The van der Waals surface area contributed by atoms with E-state index in [-0.39, 0.29) is 58.5 Å². The second kappa shape index (κ2) is 10.9. The van der Waals surface area contributed by atoms with Gasteiger partial charge >= 0.3 is 0 Å². The lowest BCUT2D eigenvalue weighted by molar-refractivity contribution is 0.101. The number of ketones is 1. The summed E-state index contributed by atoms with van der Waals surface area (Å²) in [6.07, 6.45) is 5.35. The lowest BCUT2D eigenvalue weighted by Crippen LogP contribution is -2.33. The summed E-state index contributed by atoms with van der Waals surface area (Å²) in [5.41, 5.74) is 9.78. The van der Waals surface area contributed by atoms with E-state index in [0.29, 0.717) is 33.5 Å². The average molecular weight is 518 g/mol. The SMILES string of the molecule is CC(=O)c1cnc2ccc(-c3cc(Cl)c(O)c(Cl)c3)nc2c1NC1CCC(N)CC1.Cl.Cl. The van der Waals surface area contributed by atoms with Crippen molar-refractivity contribution in [2.75, 3.05) is 5.32 Å². The molecule has 1 aliphatic rings. The predicted molar refractivity (Wildman–Crippen MR) is 135 cm³/mol. The minimum atomic E-state index is -0.165. The number of aromatic nitrogens is 2. The van der Waals surface area contributed by atoms with Crippen molar-refractivity contribution in [2.24, 2.45) is 5.73 Å². The number of phenols is 1. The first-order valence-corrected chi connectivity index (χ1v) is 10.6. The molecule has 0 bridgehead atoms. The molecule has 4 N–H and O–H groups in total. The number of nitrogens with zero attached hydrogens (tertiary/aromatic N) is 2. The number of rotatable bonds is 4. The lowest BCUT2D eigenvalue weighted by Gasteiger charge is -2.28. The zero-order valence-electron chi connectivity index (χ0n) is 17.3. The van der Waals surface area contributed by atoms with Gasteiger partial charge < -0.3 is 16.2 Å². The molecule has 10 heteroatoms. The molecule has 4 rings (SSSR count). The molecule has 172 valence electrons. The number of fused-ring (bicyclic) bond motifs is 1. The summed E-state index contributed by atoms with van der Waals surface area (Å²) in [4.78, 5) is 21.5. The number of carbonyl (C=O) groups is 1. The van der Waals surface area contributed by atoms with E-state index in [2.05, 4.69) is 10.3 Å². The van der Waals surface area contributed by atoms with Crippen molar-refractivity contribution >= 4 is 70.5 Å². The van der Waals surface area contributed by atoms with Crippen LogP contribution in [0.25, 0.3) is 22.3 Å². The smallest absolute Gasteiger partial charge is 0.163 e. The van der Waals surface area contributed by atoms with Crippen LogP contribution in [0.2, 0.25) is 10.0 Å². The minimum Gasteiger partial charge on any atom is -0.505 e. The third kappa shape index (κ3) is 5.38. The van der Waals surface area contributed by atoms with Gasteiger partial charge in [-0.15, -0.1) is 24.8 Å². The Labute approximate surface area is 208 Å². The van der Waals surface area contributed by atoms with Crippen molar-refractivity contribution in [3.8, 4) is 17.0 Å². The first-order valence-electron chi connectivity index (χ1n) is 9.84. The topological polar surface area (TPSA) is 101 Å². The van der Waals surface area contributed by atoms with Crippen LogP contribution in [0.1, 0.15) is 43.0 Å². The fraction of sp³-hybridized carbons (Fsp3) is 0.318. The minimum absolute atomic E-state index is 0. The fourth-order valence-electron chi connectivity index (χ4n) is 3.82. The third-order valence-electron chi connectivity index (χ3n) is 5.53. The zero-order valence-corrected chi connectivity index (χ0v) is 20.4. The Kier molecular flexibility index (Phi) is 8.97. The van der Waals surface area contributed by atoms with Gasteiger partial charge in [0.1, 0.15) is 5.52 Å². The van der Waals surface area contributed by atoms with Gasteiger partial charge in [-0.05, 0) is 56.9 Å². The summed E-state index contributed by atoms with van der Waals surface area (Å²) in [7, 11) is 0. The van der Waals surface area contributed by atoms with Crippen LogP contribution in [-0.4, -0.2) is 32.9 Å². The van der Waals surface area contributed by atoms with Gasteiger partial charge in [-0.1, -0.05) is 23.2 Å². The second-order valence-electron chi connectivity index (χ2n) is 7.71. The maximum Gasteiger partial charge on any atom is 0.163 e. The Bertz CT molecular complexity index is 1110. The van der Waals surface area contributed by atoms with Gasteiger partial charge in [0.05, 0.1) is 32.5 Å². The molecule has 1 aromatic carbocycles. The summed E-state index contributed by atoms with van der Waals surface area (Å²) in [6.45, 7) is 1.52. The molecule has 0 spiro atoms. The maximum atomic E-state index is 12.3. The monoisotopic (exact) mass is 516 g/mol. The highest BCUT2D eigenvalue weighted by Crippen LogP contribution is 2.37. The Morgan fingerprint density at radius 3 is 2.34 bits per heavy atom. The van der Waals surface area contributed by atoms with E-state index in [1.54, 1.807) is 18.3 Å². The quantitative estimate of drug-likeness (QED) is 0.365. The van der Waals surface area contributed by atoms with Crippen molar-refractivity contribution in [1.29, 1.82) is 0 Å². The van der Waals surface area contributed by atoms with Crippen LogP contribution in [0.4, 0.5) is 5.69 Å². The highest BCUT2D eigenvalue weighted by atomic mass is 35.5. The van der Waals surface area contributed by atoms with Crippen LogP contribution in [0.15, 0.2) is 30.5 Å². The summed E-state index contributed by atoms with van der Waals surface area (Å²) in [5, 5.41) is 13.7. The summed E-state index contributed by atoms with van der Waals surface area (Å²) in [6, 6.07) is 7.32. The van der Waals surface area contributed by atoms with E-state index in [9.17, 15) is 9.90 Å². The van der Waals surface area contributed by atoms with E-state index in [0.717, 1.165) is 25.7 Å². The van der Waals surface area contributed by atoms with E-state index in [1.165, 1.54) is 6.92 Å². The summed E-state index contributed by atoms with van der Waals surface area (Å²) < 4.78 is 0. The molecule has 1 aliphatic carbocycles. The molecular weight excluding hydrogens is 494 g/mol. The summed E-state index contributed by atoms with van der Waals surface area (Å²) in [5.74, 6) is -0.247. The maximum absolute atomic E-state index is 12.3. The highest BCUT2D eigenvalue weighted by Gasteiger charge is 2.22. The fourth-order valence-corrected chi connectivity index (χ4v) is 4.31. The van der Waals surface area contributed by atoms with Crippen LogP contribution in [0.5, 0.6) is 5.75 Å². The first-order chi connectivity index (χ1) is 14.3. The second-order valence-corrected chi connectivity index (χ2v) is 8.53. The molecule has 2 heterocycles. The Balaban J connectivity index is 0.00000181. The van der Waals surface area contributed by atoms with Crippen molar-refractivity contribution in [2.45, 2.75) is 44.7 Å². The van der Waals surface area contributed by atoms with Crippen molar-refractivity contribution in [3.63, 3.8) is 0 Å². The van der Waals surface area contributed by atoms with Crippen LogP contribution >= 0.6 is 48.0 Å². The average Bonchev–Trinajstić information content (AvgIpc) is 2.73. The molecule has 3 aromatic rings. The van der Waals surface area contributed by atoms with Gasteiger partial charge in [-0.2, -0.15) is 0 Å². The van der Waals surface area contributed by atoms with Gasteiger partial charge in [0.2, 0.25) is 0 Å². The van der Waals surface area contributed by atoms with Crippen LogP contribution in [0, 0.1) is 0 Å².